The van der Waals surface area contributed by atoms with E-state index in [2.05, 4.69) is 11.4 Å². The first-order valence-corrected chi connectivity index (χ1v) is 7.80. The number of thiophene rings is 1. The van der Waals surface area contributed by atoms with E-state index < -0.39 is 5.60 Å². The molecule has 1 aliphatic rings. The zero-order valence-electron chi connectivity index (χ0n) is 13.1. The summed E-state index contributed by atoms with van der Waals surface area (Å²) < 4.78 is 5.46. The van der Waals surface area contributed by atoms with Crippen molar-refractivity contribution in [1.29, 1.82) is 5.26 Å². The summed E-state index contributed by atoms with van der Waals surface area (Å²) in [7, 11) is 1.81. The SMILES string of the molecule is CNc1sc2c(c1C#N)CN(C(=O)OC(C)(C)C)C(C)C2. The van der Waals surface area contributed by atoms with E-state index in [1.807, 2.05) is 34.7 Å². The summed E-state index contributed by atoms with van der Waals surface area (Å²) in [5.41, 5.74) is 1.09. The highest BCUT2D eigenvalue weighted by Crippen LogP contribution is 2.38. The standard InChI is InChI=1S/C15H21N3O2S/c1-9-6-12-11(10(7-16)13(17-5)21-12)8-18(9)14(19)20-15(2,3)4/h9,17H,6,8H2,1-5H3. The van der Waals surface area contributed by atoms with Gasteiger partial charge in [0.1, 0.15) is 16.7 Å². The predicted molar refractivity (Wildman–Crippen MR) is 83.5 cm³/mol. The maximum atomic E-state index is 12.3. The molecule has 0 fully saturated rings. The van der Waals surface area contributed by atoms with Gasteiger partial charge in [-0.1, -0.05) is 0 Å². The molecule has 0 spiro atoms. The van der Waals surface area contributed by atoms with Gasteiger partial charge in [0, 0.05) is 30.0 Å². The molecule has 0 saturated carbocycles. The quantitative estimate of drug-likeness (QED) is 0.864. The number of ether oxygens (including phenoxy) is 1. The van der Waals surface area contributed by atoms with Crippen molar-refractivity contribution in [1.82, 2.24) is 4.90 Å². The number of nitrogens with zero attached hydrogens (tertiary/aromatic N) is 2. The normalized spacial score (nSPS) is 17.9. The maximum Gasteiger partial charge on any atom is 0.410 e. The number of anilines is 1. The van der Waals surface area contributed by atoms with Crippen molar-refractivity contribution >= 4 is 22.4 Å². The Bertz CT molecular complexity index is 595. The van der Waals surface area contributed by atoms with Gasteiger partial charge in [0.25, 0.3) is 0 Å². The molecule has 0 bridgehead atoms. The lowest BCUT2D eigenvalue weighted by Crippen LogP contribution is -2.44. The zero-order chi connectivity index (χ0) is 15.8. The summed E-state index contributed by atoms with van der Waals surface area (Å²) in [6, 6.07) is 2.32. The van der Waals surface area contributed by atoms with Crippen molar-refractivity contribution in [3.63, 3.8) is 0 Å². The van der Waals surface area contributed by atoms with Crippen molar-refractivity contribution in [3.05, 3.63) is 16.0 Å². The molecule has 1 aliphatic heterocycles. The summed E-state index contributed by atoms with van der Waals surface area (Å²) in [4.78, 5) is 15.2. The Hall–Kier alpha value is -1.74. The molecular weight excluding hydrogens is 286 g/mol. The lowest BCUT2D eigenvalue weighted by Gasteiger charge is -2.34. The largest absolute Gasteiger partial charge is 0.444 e. The molecule has 2 heterocycles. The average molecular weight is 307 g/mol. The van der Waals surface area contributed by atoms with Crippen LogP contribution in [-0.2, 0) is 17.7 Å². The van der Waals surface area contributed by atoms with Crippen LogP contribution >= 0.6 is 11.3 Å². The predicted octanol–water partition coefficient (Wildman–Crippen LogP) is 3.34. The Morgan fingerprint density at radius 3 is 2.71 bits per heavy atom. The number of carbonyl (C=O) groups excluding carboxylic acids is 1. The molecule has 1 unspecified atom stereocenters. The molecule has 1 N–H and O–H groups in total. The first kappa shape index (κ1) is 15.6. The smallest absolute Gasteiger partial charge is 0.410 e. The molecular formula is C15H21N3O2S. The molecule has 0 aromatic carbocycles. The minimum absolute atomic E-state index is 0.0715. The van der Waals surface area contributed by atoms with E-state index in [1.165, 1.54) is 4.88 Å². The minimum atomic E-state index is -0.514. The molecule has 1 amide bonds. The topological polar surface area (TPSA) is 65.4 Å². The third-order valence-corrected chi connectivity index (χ3v) is 4.67. The summed E-state index contributed by atoms with van der Waals surface area (Å²) in [6.45, 7) is 8.02. The lowest BCUT2D eigenvalue weighted by atomic mass is 10.0. The maximum absolute atomic E-state index is 12.3. The molecule has 21 heavy (non-hydrogen) atoms. The summed E-state index contributed by atoms with van der Waals surface area (Å²) in [5, 5.41) is 13.3. The van der Waals surface area contributed by atoms with Gasteiger partial charge in [-0.15, -0.1) is 11.3 Å². The first-order valence-electron chi connectivity index (χ1n) is 6.98. The van der Waals surface area contributed by atoms with Crippen LogP contribution in [-0.4, -0.2) is 29.7 Å². The van der Waals surface area contributed by atoms with Crippen molar-refractivity contribution in [2.45, 2.75) is 52.3 Å². The molecule has 0 saturated heterocycles. The molecule has 6 heteroatoms. The van der Waals surface area contributed by atoms with Crippen molar-refractivity contribution in [2.24, 2.45) is 0 Å². The number of nitrogens with one attached hydrogen (secondary N) is 1. The molecule has 5 nitrogen and oxygen atoms in total. The summed E-state index contributed by atoms with van der Waals surface area (Å²) >= 11 is 1.60. The Kier molecular flexibility index (Phi) is 4.15. The first-order chi connectivity index (χ1) is 9.76. The van der Waals surface area contributed by atoms with Crippen LogP contribution in [0.25, 0.3) is 0 Å². The second kappa shape index (κ2) is 5.57. The van der Waals surface area contributed by atoms with Crippen molar-refractivity contribution < 1.29 is 9.53 Å². The van der Waals surface area contributed by atoms with E-state index in [0.29, 0.717) is 12.1 Å². The second-order valence-electron chi connectivity index (χ2n) is 6.23. The Morgan fingerprint density at radius 1 is 1.52 bits per heavy atom. The number of hydrogen-bond donors (Lipinski definition) is 1. The molecule has 1 aromatic rings. The van der Waals surface area contributed by atoms with Crippen LogP contribution < -0.4 is 5.32 Å². The second-order valence-corrected chi connectivity index (χ2v) is 7.34. The summed E-state index contributed by atoms with van der Waals surface area (Å²) in [6.07, 6.45) is 0.442. The number of fused-ring (bicyclic) bond motifs is 1. The Balaban J connectivity index is 2.29. The van der Waals surface area contributed by atoms with Gasteiger partial charge in [-0.3, -0.25) is 0 Å². The average Bonchev–Trinajstić information content (AvgIpc) is 2.71. The van der Waals surface area contributed by atoms with E-state index in [1.54, 1.807) is 16.2 Å². The highest BCUT2D eigenvalue weighted by molar-refractivity contribution is 7.16. The molecule has 0 radical (unpaired) electrons. The number of carbonyl (C=O) groups is 1. The fourth-order valence-corrected chi connectivity index (χ4v) is 3.64. The Morgan fingerprint density at radius 2 is 2.19 bits per heavy atom. The van der Waals surface area contributed by atoms with Gasteiger partial charge >= 0.3 is 6.09 Å². The van der Waals surface area contributed by atoms with Crippen LogP contribution in [0, 0.1) is 11.3 Å². The van der Waals surface area contributed by atoms with Crippen LogP contribution in [0.1, 0.15) is 43.7 Å². The van der Waals surface area contributed by atoms with Crippen molar-refractivity contribution in [3.8, 4) is 6.07 Å². The number of nitriles is 1. The van der Waals surface area contributed by atoms with E-state index in [4.69, 9.17) is 4.74 Å². The van der Waals surface area contributed by atoms with Crippen molar-refractivity contribution in [2.75, 3.05) is 12.4 Å². The summed E-state index contributed by atoms with van der Waals surface area (Å²) in [5.74, 6) is 0. The van der Waals surface area contributed by atoms with Gasteiger partial charge in [-0.25, -0.2) is 4.79 Å². The van der Waals surface area contributed by atoms with E-state index in [9.17, 15) is 10.1 Å². The monoisotopic (exact) mass is 307 g/mol. The number of rotatable bonds is 1. The highest BCUT2D eigenvalue weighted by atomic mass is 32.1. The van der Waals surface area contributed by atoms with Crippen LogP contribution in [0.5, 0.6) is 0 Å². The van der Waals surface area contributed by atoms with Gasteiger partial charge in [-0.05, 0) is 27.7 Å². The van der Waals surface area contributed by atoms with Gasteiger partial charge in [0.2, 0.25) is 0 Å². The lowest BCUT2D eigenvalue weighted by molar-refractivity contribution is 0.0140. The van der Waals surface area contributed by atoms with Gasteiger partial charge in [0.15, 0.2) is 0 Å². The minimum Gasteiger partial charge on any atom is -0.444 e. The molecule has 1 aromatic heterocycles. The third kappa shape index (κ3) is 3.13. The fourth-order valence-electron chi connectivity index (χ4n) is 2.41. The molecule has 1 atom stereocenters. The molecule has 0 aliphatic carbocycles. The van der Waals surface area contributed by atoms with E-state index in [0.717, 1.165) is 17.0 Å². The molecule has 2 rings (SSSR count). The van der Waals surface area contributed by atoms with E-state index >= 15 is 0 Å². The molecule has 114 valence electrons. The fraction of sp³-hybridized carbons (Fsp3) is 0.600. The number of hydrogen-bond acceptors (Lipinski definition) is 5. The van der Waals surface area contributed by atoms with Gasteiger partial charge < -0.3 is 15.0 Å². The van der Waals surface area contributed by atoms with Crippen LogP contribution in [0.15, 0.2) is 0 Å². The van der Waals surface area contributed by atoms with Crippen LogP contribution in [0.3, 0.4) is 0 Å². The van der Waals surface area contributed by atoms with Gasteiger partial charge in [-0.2, -0.15) is 5.26 Å². The number of amides is 1. The third-order valence-electron chi connectivity index (χ3n) is 3.40. The van der Waals surface area contributed by atoms with Gasteiger partial charge in [0.05, 0.1) is 12.1 Å². The van der Waals surface area contributed by atoms with Crippen LogP contribution in [0.2, 0.25) is 0 Å². The highest BCUT2D eigenvalue weighted by Gasteiger charge is 2.33. The van der Waals surface area contributed by atoms with Crippen LogP contribution in [0.4, 0.5) is 9.80 Å². The van der Waals surface area contributed by atoms with E-state index in [-0.39, 0.29) is 12.1 Å². The zero-order valence-corrected chi connectivity index (χ0v) is 13.9. The Labute approximate surface area is 129 Å².